The van der Waals surface area contributed by atoms with E-state index in [9.17, 15) is 9.59 Å². The Labute approximate surface area is 126 Å². The summed E-state index contributed by atoms with van der Waals surface area (Å²) >= 11 is 0. The van der Waals surface area contributed by atoms with E-state index in [1.807, 2.05) is 27.8 Å². The Bertz CT molecular complexity index is 467. The van der Waals surface area contributed by atoms with Gasteiger partial charge in [-0.25, -0.2) is 0 Å². The van der Waals surface area contributed by atoms with Crippen molar-refractivity contribution in [3.63, 3.8) is 0 Å². The molecule has 1 aromatic carbocycles. The molecule has 0 aliphatic heterocycles. The van der Waals surface area contributed by atoms with Gasteiger partial charge in [-0.1, -0.05) is 0 Å². The zero-order valence-electron chi connectivity index (χ0n) is 13.3. The van der Waals surface area contributed by atoms with Gasteiger partial charge in [-0.15, -0.1) is 0 Å². The van der Waals surface area contributed by atoms with Crippen LogP contribution in [0.5, 0.6) is 0 Å². The summed E-state index contributed by atoms with van der Waals surface area (Å²) in [5.41, 5.74) is 1.17. The monoisotopic (exact) mass is 291 g/mol. The highest BCUT2D eigenvalue weighted by Crippen LogP contribution is 2.08. The summed E-state index contributed by atoms with van der Waals surface area (Å²) in [6.45, 7) is 7.82. The third-order valence-electron chi connectivity index (χ3n) is 3.51. The highest BCUT2D eigenvalue weighted by molar-refractivity contribution is 5.97. The van der Waals surface area contributed by atoms with Crippen LogP contribution in [0, 0.1) is 0 Å². The number of carbonyl (C=O) groups excluding carboxylic acids is 2. The molecule has 0 radical (unpaired) electrons. The highest BCUT2D eigenvalue weighted by atomic mass is 16.2. The quantitative estimate of drug-likeness (QED) is 0.800. The zero-order chi connectivity index (χ0) is 15.8. The Kier molecular flexibility index (Phi) is 6.88. The summed E-state index contributed by atoms with van der Waals surface area (Å²) in [6, 6.07) is 7.01. The Morgan fingerprint density at radius 1 is 1.10 bits per heavy atom. The van der Waals surface area contributed by atoms with Crippen molar-refractivity contribution in [2.75, 3.05) is 26.7 Å². The first-order valence-corrected chi connectivity index (χ1v) is 7.38. The van der Waals surface area contributed by atoms with Crippen LogP contribution in [0.4, 0.5) is 0 Å². The van der Waals surface area contributed by atoms with E-state index < -0.39 is 0 Å². The summed E-state index contributed by atoms with van der Waals surface area (Å²) in [4.78, 5) is 25.9. The SMILES string of the molecule is CCN(CC)C(=O)c1ccc(C(=O)NCC(C)NC)cc1. The van der Waals surface area contributed by atoms with Crippen LogP contribution >= 0.6 is 0 Å². The lowest BCUT2D eigenvalue weighted by atomic mass is 10.1. The van der Waals surface area contributed by atoms with Gasteiger partial charge in [-0.2, -0.15) is 0 Å². The van der Waals surface area contributed by atoms with E-state index in [1.54, 1.807) is 29.2 Å². The normalized spacial score (nSPS) is 11.8. The summed E-state index contributed by atoms with van der Waals surface area (Å²) in [5.74, 6) is -0.130. The second kappa shape index (κ2) is 8.42. The van der Waals surface area contributed by atoms with E-state index in [4.69, 9.17) is 0 Å². The van der Waals surface area contributed by atoms with Crippen molar-refractivity contribution >= 4 is 11.8 Å². The minimum Gasteiger partial charge on any atom is -0.350 e. The fraction of sp³-hybridized carbons (Fsp3) is 0.500. The molecule has 2 N–H and O–H groups in total. The maximum Gasteiger partial charge on any atom is 0.253 e. The van der Waals surface area contributed by atoms with Gasteiger partial charge in [0.25, 0.3) is 11.8 Å². The number of benzene rings is 1. The van der Waals surface area contributed by atoms with E-state index in [0.29, 0.717) is 30.8 Å². The molecule has 1 unspecified atom stereocenters. The fourth-order valence-electron chi connectivity index (χ4n) is 1.91. The lowest BCUT2D eigenvalue weighted by molar-refractivity contribution is 0.0772. The molecular formula is C16H25N3O2. The average Bonchev–Trinajstić information content (AvgIpc) is 2.53. The number of nitrogens with zero attached hydrogens (tertiary/aromatic N) is 1. The Morgan fingerprint density at radius 2 is 1.62 bits per heavy atom. The van der Waals surface area contributed by atoms with Gasteiger partial charge in [0.2, 0.25) is 0 Å². The second-order valence-corrected chi connectivity index (χ2v) is 4.95. The topological polar surface area (TPSA) is 61.4 Å². The van der Waals surface area contributed by atoms with E-state index in [-0.39, 0.29) is 17.9 Å². The molecule has 0 fully saturated rings. The molecule has 1 aromatic rings. The number of nitrogens with one attached hydrogen (secondary N) is 2. The molecule has 0 saturated carbocycles. The number of likely N-dealkylation sites (N-methyl/N-ethyl adjacent to an activating group) is 1. The van der Waals surface area contributed by atoms with Crippen LogP contribution in [0.25, 0.3) is 0 Å². The van der Waals surface area contributed by atoms with E-state index in [2.05, 4.69) is 10.6 Å². The average molecular weight is 291 g/mol. The van der Waals surface area contributed by atoms with Crippen LogP contribution in [0.2, 0.25) is 0 Å². The number of carbonyl (C=O) groups is 2. The first-order valence-electron chi connectivity index (χ1n) is 7.38. The van der Waals surface area contributed by atoms with Crippen molar-refractivity contribution in [1.29, 1.82) is 0 Å². The van der Waals surface area contributed by atoms with Gasteiger partial charge >= 0.3 is 0 Å². The van der Waals surface area contributed by atoms with Crippen molar-refractivity contribution < 1.29 is 9.59 Å². The van der Waals surface area contributed by atoms with Gasteiger partial charge in [-0.05, 0) is 52.1 Å². The number of rotatable bonds is 7. The van der Waals surface area contributed by atoms with Gasteiger partial charge in [0, 0.05) is 36.8 Å². The molecule has 0 aliphatic carbocycles. The van der Waals surface area contributed by atoms with Crippen LogP contribution in [-0.4, -0.2) is 49.4 Å². The molecule has 0 saturated heterocycles. The van der Waals surface area contributed by atoms with Gasteiger partial charge in [0.05, 0.1) is 0 Å². The molecule has 5 heteroatoms. The van der Waals surface area contributed by atoms with Crippen LogP contribution in [0.15, 0.2) is 24.3 Å². The Balaban J connectivity index is 2.69. The first-order chi connectivity index (χ1) is 10.0. The van der Waals surface area contributed by atoms with Gasteiger partial charge in [0.1, 0.15) is 0 Å². The largest absolute Gasteiger partial charge is 0.350 e. The third kappa shape index (κ3) is 4.86. The summed E-state index contributed by atoms with van der Waals surface area (Å²) in [7, 11) is 1.85. The smallest absolute Gasteiger partial charge is 0.253 e. The minimum atomic E-state index is -0.126. The molecule has 5 nitrogen and oxygen atoms in total. The predicted molar refractivity (Wildman–Crippen MR) is 84.5 cm³/mol. The van der Waals surface area contributed by atoms with Crippen LogP contribution in [-0.2, 0) is 0 Å². The zero-order valence-corrected chi connectivity index (χ0v) is 13.3. The van der Waals surface area contributed by atoms with Crippen LogP contribution in [0.3, 0.4) is 0 Å². The number of hydrogen-bond donors (Lipinski definition) is 2. The third-order valence-corrected chi connectivity index (χ3v) is 3.51. The van der Waals surface area contributed by atoms with Crippen LogP contribution in [0.1, 0.15) is 41.5 Å². The Morgan fingerprint density at radius 3 is 2.10 bits per heavy atom. The van der Waals surface area contributed by atoms with Gasteiger partial charge < -0.3 is 15.5 Å². The summed E-state index contributed by atoms with van der Waals surface area (Å²) < 4.78 is 0. The first kappa shape index (κ1) is 17.2. The molecule has 0 spiro atoms. The summed E-state index contributed by atoms with van der Waals surface area (Å²) in [6.07, 6.45) is 0. The van der Waals surface area contributed by atoms with Crippen molar-refractivity contribution in [3.8, 4) is 0 Å². The van der Waals surface area contributed by atoms with Crippen molar-refractivity contribution in [1.82, 2.24) is 15.5 Å². The maximum absolute atomic E-state index is 12.2. The lowest BCUT2D eigenvalue weighted by Crippen LogP contribution is -2.37. The van der Waals surface area contributed by atoms with E-state index in [0.717, 1.165) is 0 Å². The molecule has 0 bridgehead atoms. The van der Waals surface area contributed by atoms with Gasteiger partial charge in [-0.3, -0.25) is 9.59 Å². The molecule has 1 rings (SSSR count). The van der Waals surface area contributed by atoms with Crippen LogP contribution < -0.4 is 10.6 Å². The lowest BCUT2D eigenvalue weighted by Gasteiger charge is -2.18. The number of hydrogen-bond acceptors (Lipinski definition) is 3. The second-order valence-electron chi connectivity index (χ2n) is 4.95. The molecular weight excluding hydrogens is 266 g/mol. The molecule has 0 aromatic heterocycles. The van der Waals surface area contributed by atoms with Gasteiger partial charge in [0.15, 0.2) is 0 Å². The van der Waals surface area contributed by atoms with E-state index >= 15 is 0 Å². The standard InChI is InChI=1S/C16H25N3O2/c1-5-19(6-2)16(21)14-9-7-13(8-10-14)15(20)18-11-12(3)17-4/h7-10,12,17H,5-6,11H2,1-4H3,(H,18,20). The molecule has 2 amide bonds. The Hall–Kier alpha value is -1.88. The predicted octanol–water partition coefficient (Wildman–Crippen LogP) is 1.51. The summed E-state index contributed by atoms with van der Waals surface area (Å²) in [5, 5.41) is 5.90. The minimum absolute atomic E-state index is 0.00392. The highest BCUT2D eigenvalue weighted by Gasteiger charge is 2.13. The van der Waals surface area contributed by atoms with Crippen molar-refractivity contribution in [2.45, 2.75) is 26.8 Å². The molecule has 21 heavy (non-hydrogen) atoms. The number of amides is 2. The molecule has 1 atom stereocenters. The molecule has 0 heterocycles. The van der Waals surface area contributed by atoms with Crippen molar-refractivity contribution in [3.05, 3.63) is 35.4 Å². The fourth-order valence-corrected chi connectivity index (χ4v) is 1.91. The molecule has 116 valence electrons. The van der Waals surface area contributed by atoms with E-state index in [1.165, 1.54) is 0 Å². The molecule has 0 aliphatic rings. The van der Waals surface area contributed by atoms with Crippen molar-refractivity contribution in [2.24, 2.45) is 0 Å². The maximum atomic E-state index is 12.2.